The van der Waals surface area contributed by atoms with Crippen LogP contribution in [0.25, 0.3) is 0 Å². The molecule has 0 aromatic heterocycles. The van der Waals surface area contributed by atoms with Gasteiger partial charge in [0, 0.05) is 5.92 Å². The molecule has 0 aliphatic heterocycles. The van der Waals surface area contributed by atoms with Crippen LogP contribution in [0.5, 0.6) is 0 Å². The van der Waals surface area contributed by atoms with Crippen molar-refractivity contribution in [3.63, 3.8) is 0 Å². The maximum Gasteiger partial charge on any atom is 0.162 e. The Hall–Kier alpha value is -0.380. The molecular weight excluding hydrogens is 348 g/mol. The molecule has 5 aliphatic rings. The fourth-order valence-corrected chi connectivity index (χ4v) is 7.86. The van der Waals surface area contributed by atoms with Crippen LogP contribution < -0.4 is 0 Å². The topological polar surface area (TPSA) is 49.7 Å². The van der Waals surface area contributed by atoms with E-state index in [2.05, 4.69) is 54.5 Å². The Bertz CT molecular complexity index is 600. The molecule has 5 saturated carbocycles. The Balaban J connectivity index is 1.55. The van der Waals surface area contributed by atoms with Gasteiger partial charge in [-0.05, 0) is 93.8 Å². The number of allylic oxidation sites excluding steroid dienone is 1. The van der Waals surface area contributed by atoms with Gasteiger partial charge in [-0.15, -0.1) is 0 Å². The first kappa shape index (κ1) is 20.9. The maximum absolute atomic E-state index is 11.1. The fourth-order valence-electron chi connectivity index (χ4n) is 7.86. The van der Waals surface area contributed by atoms with Crippen molar-refractivity contribution in [2.45, 2.75) is 98.1 Å². The van der Waals surface area contributed by atoms with Crippen LogP contribution >= 0.6 is 0 Å². The molecule has 6 bridgehead atoms. The molecule has 10 atom stereocenters. The summed E-state index contributed by atoms with van der Waals surface area (Å²) >= 11 is 0. The van der Waals surface area contributed by atoms with E-state index in [0.29, 0.717) is 29.6 Å². The smallest absolute Gasteiger partial charge is 0.162 e. The van der Waals surface area contributed by atoms with Crippen molar-refractivity contribution in [1.82, 2.24) is 0 Å². The molecule has 28 heavy (non-hydrogen) atoms. The molecule has 0 amide bonds. The monoisotopic (exact) mass is 390 g/mol. The number of hydrogen-bond donors (Lipinski definition) is 2. The minimum atomic E-state index is -0.769. The summed E-state index contributed by atoms with van der Waals surface area (Å²) in [5.41, 5.74) is 0.542. The summed E-state index contributed by atoms with van der Waals surface area (Å²) in [5.74, 6) is 3.96. The molecule has 0 spiro atoms. The largest absolute Gasteiger partial charge is 0.390 e. The minimum Gasteiger partial charge on any atom is -0.390 e. The number of aliphatic hydroxyl groups excluding tert-OH is 1. The van der Waals surface area contributed by atoms with Crippen LogP contribution in [0.3, 0.4) is 0 Å². The molecule has 160 valence electrons. The van der Waals surface area contributed by atoms with Gasteiger partial charge >= 0.3 is 0 Å². The van der Waals surface area contributed by atoms with Crippen molar-refractivity contribution in [3.05, 3.63) is 11.6 Å². The average molecular weight is 391 g/mol. The van der Waals surface area contributed by atoms with E-state index in [9.17, 15) is 10.2 Å². The highest BCUT2D eigenvalue weighted by molar-refractivity contribution is 5.15. The van der Waals surface area contributed by atoms with Crippen molar-refractivity contribution in [2.24, 2.45) is 46.8 Å². The van der Waals surface area contributed by atoms with E-state index >= 15 is 0 Å². The van der Waals surface area contributed by atoms with Gasteiger partial charge in [-0.2, -0.15) is 0 Å². The molecule has 5 aliphatic carbocycles. The maximum atomic E-state index is 11.1. The molecule has 2 N–H and O–H groups in total. The molecule has 3 nitrogen and oxygen atoms in total. The van der Waals surface area contributed by atoms with Crippen molar-refractivity contribution in [1.29, 1.82) is 0 Å². The third-order valence-electron chi connectivity index (χ3n) is 8.96. The Kier molecular flexibility index (Phi) is 4.89. The van der Waals surface area contributed by atoms with Crippen molar-refractivity contribution < 1.29 is 14.9 Å². The highest BCUT2D eigenvalue weighted by atomic mass is 16.6. The van der Waals surface area contributed by atoms with Crippen LogP contribution in [0.15, 0.2) is 11.6 Å². The van der Waals surface area contributed by atoms with E-state index in [-0.39, 0.29) is 22.5 Å². The zero-order valence-corrected chi connectivity index (χ0v) is 19.0. The van der Waals surface area contributed by atoms with Crippen LogP contribution in [0.2, 0.25) is 0 Å². The van der Waals surface area contributed by atoms with Gasteiger partial charge in [0.05, 0.1) is 11.2 Å². The first-order chi connectivity index (χ1) is 12.8. The highest BCUT2D eigenvalue weighted by Gasteiger charge is 2.65. The Morgan fingerprint density at radius 1 is 0.964 bits per heavy atom. The van der Waals surface area contributed by atoms with Gasteiger partial charge in [-0.3, -0.25) is 0 Å². The summed E-state index contributed by atoms with van der Waals surface area (Å²) < 4.78 is 6.54. The molecule has 0 aromatic carbocycles. The van der Waals surface area contributed by atoms with Crippen molar-refractivity contribution in [2.75, 3.05) is 0 Å². The van der Waals surface area contributed by atoms with Gasteiger partial charge in [0.2, 0.25) is 0 Å². The van der Waals surface area contributed by atoms with Crippen LogP contribution in [0, 0.1) is 46.8 Å². The molecule has 0 radical (unpaired) electrons. The summed E-state index contributed by atoms with van der Waals surface area (Å²) in [6.45, 7) is 15.4. The first-order valence-electron chi connectivity index (χ1n) is 11.6. The summed E-state index contributed by atoms with van der Waals surface area (Å²) in [7, 11) is 0. The van der Waals surface area contributed by atoms with E-state index in [1.807, 2.05) is 0 Å². The fraction of sp³-hybridized carbons (Fsp3) is 0.920. The standard InChI is InChI=1S/C25H42O3/c1-14(2)8-21(23(4,5)6)22(26)28-24(7)9-18-16-11-25(27)12-17(15(16)3)19(10-24)20(18)13-25/h8,15-22,26-27H,9-13H2,1-7H3/t15?,16?,17?,18-,19?,20?,21?,22?,24?,25?/m1/s1. The second kappa shape index (κ2) is 6.56. The zero-order chi connectivity index (χ0) is 20.6. The normalized spacial score (nSPS) is 49.0. The van der Waals surface area contributed by atoms with E-state index in [4.69, 9.17) is 4.74 Å². The average Bonchev–Trinajstić information content (AvgIpc) is 2.54. The lowest BCUT2D eigenvalue weighted by atomic mass is 9.39. The van der Waals surface area contributed by atoms with Gasteiger partial charge in [-0.1, -0.05) is 39.3 Å². The van der Waals surface area contributed by atoms with Gasteiger partial charge in [0.15, 0.2) is 6.29 Å². The van der Waals surface area contributed by atoms with Gasteiger partial charge in [-0.25, -0.2) is 0 Å². The lowest BCUT2D eigenvalue weighted by Crippen LogP contribution is -2.66. The van der Waals surface area contributed by atoms with Crippen LogP contribution in [0.1, 0.15) is 80.6 Å². The predicted molar refractivity (Wildman–Crippen MR) is 113 cm³/mol. The van der Waals surface area contributed by atoms with Crippen LogP contribution in [0.4, 0.5) is 0 Å². The lowest BCUT2D eigenvalue weighted by molar-refractivity contribution is -0.280. The molecule has 9 unspecified atom stereocenters. The Morgan fingerprint density at radius 3 is 1.89 bits per heavy atom. The molecule has 0 aromatic rings. The third kappa shape index (κ3) is 3.40. The minimum absolute atomic E-state index is 0.0108. The second-order valence-corrected chi connectivity index (χ2v) is 12.5. The predicted octanol–water partition coefficient (Wildman–Crippen LogP) is 5.16. The summed E-state index contributed by atoms with van der Waals surface area (Å²) in [6, 6.07) is 0. The Morgan fingerprint density at radius 2 is 1.43 bits per heavy atom. The summed E-state index contributed by atoms with van der Waals surface area (Å²) in [6.07, 6.45) is 6.46. The van der Waals surface area contributed by atoms with Gasteiger partial charge < -0.3 is 14.9 Å². The van der Waals surface area contributed by atoms with E-state index < -0.39 is 6.29 Å². The van der Waals surface area contributed by atoms with Gasteiger partial charge in [0.1, 0.15) is 0 Å². The van der Waals surface area contributed by atoms with Crippen LogP contribution in [-0.4, -0.2) is 27.7 Å². The second-order valence-electron chi connectivity index (χ2n) is 12.5. The SMILES string of the molecule is CC(C)=CC(C(O)OC1(C)CC2C3CC4(O)CC(C3C)[C@@H](C1)C2C4)C(C)(C)C. The van der Waals surface area contributed by atoms with Crippen molar-refractivity contribution in [3.8, 4) is 0 Å². The first-order valence-corrected chi connectivity index (χ1v) is 11.6. The number of rotatable bonds is 4. The molecule has 5 fully saturated rings. The zero-order valence-electron chi connectivity index (χ0n) is 19.0. The molecule has 0 heterocycles. The third-order valence-corrected chi connectivity index (χ3v) is 8.96. The molecule has 0 saturated heterocycles. The highest BCUT2D eigenvalue weighted by Crippen LogP contribution is 2.68. The summed E-state index contributed by atoms with van der Waals surface area (Å²) in [4.78, 5) is 0. The number of aliphatic hydroxyl groups is 2. The van der Waals surface area contributed by atoms with E-state index in [0.717, 1.165) is 38.0 Å². The molecule has 5 rings (SSSR count). The van der Waals surface area contributed by atoms with E-state index in [1.165, 1.54) is 5.57 Å². The van der Waals surface area contributed by atoms with Gasteiger partial charge in [0.25, 0.3) is 0 Å². The number of hydrogen-bond acceptors (Lipinski definition) is 3. The summed E-state index contributed by atoms with van der Waals surface area (Å²) in [5, 5.41) is 22.2. The lowest BCUT2D eigenvalue weighted by Gasteiger charge is -2.68. The van der Waals surface area contributed by atoms with Crippen molar-refractivity contribution >= 4 is 0 Å². The van der Waals surface area contributed by atoms with Crippen LogP contribution in [-0.2, 0) is 4.74 Å². The quantitative estimate of drug-likeness (QED) is 0.515. The molecular formula is C25H42O3. The van der Waals surface area contributed by atoms with E-state index in [1.54, 1.807) is 0 Å². The Labute approximate surface area is 171 Å². The molecule has 3 heteroatoms. The number of ether oxygens (including phenoxy) is 1.